The summed E-state index contributed by atoms with van der Waals surface area (Å²) in [5, 5.41) is 4.20. The van der Waals surface area contributed by atoms with Crippen molar-refractivity contribution < 1.29 is 0 Å². The average Bonchev–Trinajstić information content (AvgIpc) is 2.86. The Morgan fingerprint density at radius 1 is 1.43 bits per heavy atom. The number of halogens is 1. The molecule has 2 aromatic rings. The first-order valence-corrected chi connectivity index (χ1v) is 5.88. The molecular weight excluding hydrogens is 216 g/mol. The number of rotatable bonds is 2. The SMILES string of the molecule is Clc1ccc2scnc2c1NC1CC1. The van der Waals surface area contributed by atoms with Crippen molar-refractivity contribution in [3.8, 4) is 0 Å². The molecule has 2 nitrogen and oxygen atoms in total. The monoisotopic (exact) mass is 224 g/mol. The van der Waals surface area contributed by atoms with Crippen LogP contribution in [0.25, 0.3) is 10.2 Å². The van der Waals surface area contributed by atoms with E-state index in [2.05, 4.69) is 10.3 Å². The zero-order valence-corrected chi connectivity index (χ0v) is 9.03. The molecule has 0 aliphatic heterocycles. The van der Waals surface area contributed by atoms with Crippen LogP contribution >= 0.6 is 22.9 Å². The molecule has 0 atom stereocenters. The van der Waals surface area contributed by atoms with E-state index in [0.29, 0.717) is 6.04 Å². The largest absolute Gasteiger partial charge is 0.379 e. The minimum Gasteiger partial charge on any atom is -0.379 e. The van der Waals surface area contributed by atoms with Gasteiger partial charge in [0, 0.05) is 6.04 Å². The molecule has 14 heavy (non-hydrogen) atoms. The van der Waals surface area contributed by atoms with E-state index in [1.807, 2.05) is 17.6 Å². The molecule has 1 aromatic heterocycles. The van der Waals surface area contributed by atoms with Crippen LogP contribution in [0.15, 0.2) is 17.6 Å². The van der Waals surface area contributed by atoms with E-state index in [4.69, 9.17) is 11.6 Å². The lowest BCUT2D eigenvalue weighted by Crippen LogP contribution is -2.01. The highest BCUT2D eigenvalue weighted by Crippen LogP contribution is 2.35. The smallest absolute Gasteiger partial charge is 0.106 e. The molecule has 4 heteroatoms. The van der Waals surface area contributed by atoms with Crippen molar-refractivity contribution in [2.24, 2.45) is 0 Å². The number of nitrogens with one attached hydrogen (secondary N) is 1. The molecule has 0 unspecified atom stereocenters. The highest BCUT2D eigenvalue weighted by Gasteiger charge is 2.23. The summed E-state index contributed by atoms with van der Waals surface area (Å²) in [5.74, 6) is 0. The van der Waals surface area contributed by atoms with E-state index in [1.165, 1.54) is 17.5 Å². The van der Waals surface area contributed by atoms with Crippen LogP contribution in [0.1, 0.15) is 12.8 Å². The zero-order valence-electron chi connectivity index (χ0n) is 7.46. The van der Waals surface area contributed by atoms with Crippen LogP contribution in [0.5, 0.6) is 0 Å². The standard InChI is InChI=1S/C10H9ClN2S/c11-7-3-4-8-10(12-5-14-8)9(7)13-6-1-2-6/h3-6,13H,1-2H2. The van der Waals surface area contributed by atoms with Gasteiger partial charge in [0.2, 0.25) is 0 Å². The van der Waals surface area contributed by atoms with Crippen molar-refractivity contribution in [2.75, 3.05) is 5.32 Å². The maximum atomic E-state index is 6.13. The molecule has 1 saturated carbocycles. The van der Waals surface area contributed by atoms with Gasteiger partial charge in [0.1, 0.15) is 5.52 Å². The Kier molecular flexibility index (Phi) is 1.89. The fourth-order valence-corrected chi connectivity index (χ4v) is 2.37. The highest BCUT2D eigenvalue weighted by molar-refractivity contribution is 7.16. The van der Waals surface area contributed by atoms with Crippen molar-refractivity contribution in [3.05, 3.63) is 22.7 Å². The van der Waals surface area contributed by atoms with Crippen LogP contribution < -0.4 is 5.32 Å². The molecular formula is C10H9ClN2S. The van der Waals surface area contributed by atoms with Gasteiger partial charge in [-0.3, -0.25) is 0 Å². The van der Waals surface area contributed by atoms with Crippen LogP contribution in [-0.2, 0) is 0 Å². The molecule has 1 aromatic carbocycles. The fourth-order valence-electron chi connectivity index (χ4n) is 1.48. The van der Waals surface area contributed by atoms with Gasteiger partial charge in [0.05, 0.1) is 20.9 Å². The number of hydrogen-bond acceptors (Lipinski definition) is 3. The number of anilines is 1. The van der Waals surface area contributed by atoms with E-state index in [0.717, 1.165) is 16.2 Å². The number of hydrogen-bond donors (Lipinski definition) is 1. The Hall–Kier alpha value is -0.800. The molecule has 1 fully saturated rings. The van der Waals surface area contributed by atoms with Crippen molar-refractivity contribution in [1.29, 1.82) is 0 Å². The second-order valence-corrected chi connectivity index (χ2v) is 4.83. The lowest BCUT2D eigenvalue weighted by Gasteiger charge is -2.07. The number of benzene rings is 1. The van der Waals surface area contributed by atoms with Crippen molar-refractivity contribution in [1.82, 2.24) is 4.98 Å². The zero-order chi connectivity index (χ0) is 9.54. The minimum absolute atomic E-state index is 0.611. The van der Waals surface area contributed by atoms with E-state index in [1.54, 1.807) is 11.3 Å². The first kappa shape index (κ1) is 8.50. The fraction of sp³-hybridized carbons (Fsp3) is 0.300. The van der Waals surface area contributed by atoms with Gasteiger partial charge < -0.3 is 5.32 Å². The Morgan fingerprint density at radius 2 is 2.29 bits per heavy atom. The normalized spacial score (nSPS) is 16.1. The summed E-state index contributed by atoms with van der Waals surface area (Å²) < 4.78 is 1.19. The van der Waals surface area contributed by atoms with Gasteiger partial charge in [-0.2, -0.15) is 0 Å². The third kappa shape index (κ3) is 1.37. The maximum absolute atomic E-state index is 6.13. The second-order valence-electron chi connectivity index (χ2n) is 3.54. The van der Waals surface area contributed by atoms with Gasteiger partial charge in [-0.15, -0.1) is 11.3 Å². The van der Waals surface area contributed by atoms with Gasteiger partial charge in [0.15, 0.2) is 0 Å². The van der Waals surface area contributed by atoms with Gasteiger partial charge >= 0.3 is 0 Å². The molecule has 72 valence electrons. The van der Waals surface area contributed by atoms with Crippen molar-refractivity contribution in [3.63, 3.8) is 0 Å². The topological polar surface area (TPSA) is 24.9 Å². The van der Waals surface area contributed by atoms with Gasteiger partial charge in [-0.1, -0.05) is 11.6 Å². The quantitative estimate of drug-likeness (QED) is 0.844. The number of thiazole rings is 1. The summed E-state index contributed by atoms with van der Waals surface area (Å²) in [6.07, 6.45) is 2.49. The van der Waals surface area contributed by atoms with E-state index >= 15 is 0 Å². The Morgan fingerprint density at radius 3 is 3.07 bits per heavy atom. The molecule has 0 radical (unpaired) electrons. The lowest BCUT2D eigenvalue weighted by atomic mass is 10.3. The molecule has 3 rings (SSSR count). The average molecular weight is 225 g/mol. The van der Waals surface area contributed by atoms with Gasteiger partial charge in [0.25, 0.3) is 0 Å². The van der Waals surface area contributed by atoms with Crippen molar-refractivity contribution >= 4 is 38.8 Å². The summed E-state index contributed by atoms with van der Waals surface area (Å²) in [4.78, 5) is 4.33. The molecule has 0 amide bonds. The van der Waals surface area contributed by atoms with Crippen LogP contribution in [0.3, 0.4) is 0 Å². The molecule has 0 spiro atoms. The molecule has 1 aliphatic rings. The van der Waals surface area contributed by atoms with Gasteiger partial charge in [-0.05, 0) is 25.0 Å². The number of fused-ring (bicyclic) bond motifs is 1. The third-order valence-electron chi connectivity index (χ3n) is 2.38. The molecule has 1 N–H and O–H groups in total. The predicted octanol–water partition coefficient (Wildman–Crippen LogP) is 3.52. The Balaban J connectivity index is 2.15. The lowest BCUT2D eigenvalue weighted by molar-refractivity contribution is 1.16. The highest BCUT2D eigenvalue weighted by atomic mass is 35.5. The first-order chi connectivity index (χ1) is 6.84. The van der Waals surface area contributed by atoms with E-state index in [-0.39, 0.29) is 0 Å². The van der Waals surface area contributed by atoms with Gasteiger partial charge in [-0.25, -0.2) is 4.98 Å². The first-order valence-electron chi connectivity index (χ1n) is 4.63. The van der Waals surface area contributed by atoms with Crippen LogP contribution in [0, 0.1) is 0 Å². The maximum Gasteiger partial charge on any atom is 0.106 e. The number of nitrogens with zero attached hydrogens (tertiary/aromatic N) is 1. The summed E-state index contributed by atoms with van der Waals surface area (Å²) >= 11 is 7.78. The Labute approximate surface area is 90.9 Å². The molecule has 1 heterocycles. The minimum atomic E-state index is 0.611. The summed E-state index contributed by atoms with van der Waals surface area (Å²) in [6, 6.07) is 4.57. The van der Waals surface area contributed by atoms with Crippen molar-refractivity contribution in [2.45, 2.75) is 18.9 Å². The van der Waals surface area contributed by atoms with E-state index < -0.39 is 0 Å². The molecule has 0 saturated heterocycles. The van der Waals surface area contributed by atoms with Crippen LogP contribution in [0.2, 0.25) is 5.02 Å². The summed E-state index contributed by atoms with van der Waals surface area (Å²) in [5.41, 5.74) is 3.88. The third-order valence-corrected chi connectivity index (χ3v) is 3.49. The summed E-state index contributed by atoms with van der Waals surface area (Å²) in [7, 11) is 0. The van der Waals surface area contributed by atoms with Crippen LogP contribution in [-0.4, -0.2) is 11.0 Å². The predicted molar refractivity (Wildman–Crippen MR) is 61.3 cm³/mol. The molecule has 1 aliphatic carbocycles. The van der Waals surface area contributed by atoms with E-state index in [9.17, 15) is 0 Å². The second kappa shape index (κ2) is 3.11. The van der Waals surface area contributed by atoms with Crippen LogP contribution in [0.4, 0.5) is 5.69 Å². The Bertz CT molecular complexity index is 476. The summed E-state index contributed by atoms with van der Waals surface area (Å²) in [6.45, 7) is 0. The molecule has 0 bridgehead atoms. The number of aromatic nitrogens is 1.